The molecule has 0 heterocycles. The third kappa shape index (κ3) is 3.47. The summed E-state index contributed by atoms with van der Waals surface area (Å²) in [5, 5.41) is 13.7. The van der Waals surface area contributed by atoms with Crippen molar-refractivity contribution < 1.29 is 9.84 Å². The molecule has 0 saturated heterocycles. The van der Waals surface area contributed by atoms with Crippen LogP contribution in [0.25, 0.3) is 0 Å². The van der Waals surface area contributed by atoms with Crippen LogP contribution in [0.3, 0.4) is 0 Å². The number of methoxy groups -OCH3 is 1. The maximum Gasteiger partial charge on any atom is 0.0819 e. The number of hydrogen-bond donors (Lipinski definition) is 2. The molecule has 0 radical (unpaired) electrons. The van der Waals surface area contributed by atoms with E-state index >= 15 is 0 Å². The van der Waals surface area contributed by atoms with E-state index in [1.165, 1.54) is 5.56 Å². The van der Waals surface area contributed by atoms with E-state index in [0.717, 1.165) is 44.4 Å². The highest BCUT2D eigenvalue weighted by molar-refractivity contribution is 5.51. The quantitative estimate of drug-likeness (QED) is 0.814. The van der Waals surface area contributed by atoms with Crippen molar-refractivity contribution in [1.29, 1.82) is 0 Å². The first-order valence-corrected chi connectivity index (χ1v) is 6.77. The molecule has 0 bridgehead atoms. The molecule has 1 aliphatic carbocycles. The summed E-state index contributed by atoms with van der Waals surface area (Å²) in [6.07, 6.45) is 5.02. The van der Waals surface area contributed by atoms with Crippen molar-refractivity contribution in [3.63, 3.8) is 0 Å². The lowest BCUT2D eigenvalue weighted by molar-refractivity contribution is 0.0614. The van der Waals surface area contributed by atoms with Crippen LogP contribution in [-0.4, -0.2) is 31.0 Å². The van der Waals surface area contributed by atoms with Gasteiger partial charge in [0, 0.05) is 19.3 Å². The van der Waals surface area contributed by atoms with Crippen LogP contribution in [-0.2, 0) is 11.2 Å². The van der Waals surface area contributed by atoms with Gasteiger partial charge in [0.1, 0.15) is 0 Å². The number of nitrogens with one attached hydrogen (secondary N) is 1. The maximum absolute atomic E-state index is 10.3. The Morgan fingerprint density at radius 1 is 1.28 bits per heavy atom. The molecule has 2 N–H and O–H groups in total. The lowest BCUT2D eigenvalue weighted by Gasteiger charge is -2.24. The summed E-state index contributed by atoms with van der Waals surface area (Å²) in [6.45, 7) is 1.37. The summed E-state index contributed by atoms with van der Waals surface area (Å²) in [4.78, 5) is 0. The van der Waals surface area contributed by atoms with Gasteiger partial charge in [0.2, 0.25) is 0 Å². The van der Waals surface area contributed by atoms with Gasteiger partial charge in [-0.1, -0.05) is 31.0 Å². The minimum absolute atomic E-state index is 0.506. The van der Waals surface area contributed by atoms with Crippen molar-refractivity contribution in [2.24, 2.45) is 0 Å². The number of para-hydroxylation sites is 1. The molecule has 1 saturated carbocycles. The smallest absolute Gasteiger partial charge is 0.0819 e. The monoisotopic (exact) mass is 249 g/mol. The van der Waals surface area contributed by atoms with Crippen molar-refractivity contribution in [2.75, 3.05) is 25.6 Å². The Labute approximate surface area is 109 Å². The highest BCUT2D eigenvalue weighted by Gasteiger charge is 2.30. The Balaban J connectivity index is 1.95. The average molecular weight is 249 g/mol. The molecule has 3 nitrogen and oxygen atoms in total. The van der Waals surface area contributed by atoms with Gasteiger partial charge in [-0.25, -0.2) is 0 Å². The molecule has 0 aromatic heterocycles. The zero-order valence-corrected chi connectivity index (χ0v) is 11.1. The molecule has 0 atom stereocenters. The van der Waals surface area contributed by atoms with E-state index in [1.54, 1.807) is 7.11 Å². The van der Waals surface area contributed by atoms with Gasteiger partial charge >= 0.3 is 0 Å². The first-order chi connectivity index (χ1) is 8.73. The average Bonchev–Trinajstić information content (AvgIpc) is 2.82. The van der Waals surface area contributed by atoms with Crippen molar-refractivity contribution in [1.82, 2.24) is 0 Å². The highest BCUT2D eigenvalue weighted by atomic mass is 16.5. The molecule has 100 valence electrons. The first kappa shape index (κ1) is 13.4. The Bertz CT molecular complexity index is 373. The number of benzene rings is 1. The van der Waals surface area contributed by atoms with Gasteiger partial charge in [0.05, 0.1) is 12.2 Å². The summed E-state index contributed by atoms with van der Waals surface area (Å²) in [7, 11) is 1.72. The maximum atomic E-state index is 10.3. The molecule has 18 heavy (non-hydrogen) atoms. The van der Waals surface area contributed by atoms with Gasteiger partial charge in [0.25, 0.3) is 0 Å². The van der Waals surface area contributed by atoms with Crippen molar-refractivity contribution >= 4 is 5.69 Å². The van der Waals surface area contributed by atoms with Crippen LogP contribution in [0.4, 0.5) is 5.69 Å². The number of hydrogen-bond acceptors (Lipinski definition) is 3. The Morgan fingerprint density at radius 3 is 2.72 bits per heavy atom. The van der Waals surface area contributed by atoms with Crippen LogP contribution in [0, 0.1) is 0 Å². The number of ether oxygens (including phenoxy) is 1. The van der Waals surface area contributed by atoms with Gasteiger partial charge in [0.15, 0.2) is 0 Å². The highest BCUT2D eigenvalue weighted by Crippen LogP contribution is 2.30. The third-order valence-electron chi connectivity index (χ3n) is 3.74. The van der Waals surface area contributed by atoms with Crippen molar-refractivity contribution in [3.05, 3.63) is 29.8 Å². The van der Waals surface area contributed by atoms with Crippen molar-refractivity contribution in [3.8, 4) is 0 Å². The zero-order chi connectivity index (χ0) is 12.8. The molecule has 2 rings (SSSR count). The second-order valence-electron chi connectivity index (χ2n) is 5.18. The predicted molar refractivity (Wildman–Crippen MR) is 73.9 cm³/mol. The molecule has 0 spiro atoms. The van der Waals surface area contributed by atoms with Crippen LogP contribution in [0.1, 0.15) is 31.2 Å². The number of aliphatic hydroxyl groups is 1. The summed E-state index contributed by atoms with van der Waals surface area (Å²) >= 11 is 0. The second kappa shape index (κ2) is 6.21. The lowest BCUT2D eigenvalue weighted by atomic mass is 10.0. The number of rotatable bonds is 6. The van der Waals surface area contributed by atoms with E-state index in [0.29, 0.717) is 6.54 Å². The summed E-state index contributed by atoms with van der Waals surface area (Å²) in [5.41, 5.74) is 1.87. The fourth-order valence-electron chi connectivity index (χ4n) is 2.59. The summed E-state index contributed by atoms with van der Waals surface area (Å²) < 4.78 is 5.12. The molecule has 1 aliphatic rings. The van der Waals surface area contributed by atoms with Gasteiger partial charge < -0.3 is 15.2 Å². The normalized spacial score (nSPS) is 17.9. The van der Waals surface area contributed by atoms with Crippen LogP contribution in [0.15, 0.2) is 24.3 Å². The summed E-state index contributed by atoms with van der Waals surface area (Å²) in [5.74, 6) is 0. The van der Waals surface area contributed by atoms with Crippen LogP contribution in [0.2, 0.25) is 0 Å². The first-order valence-electron chi connectivity index (χ1n) is 6.77. The van der Waals surface area contributed by atoms with Gasteiger partial charge in [-0.05, 0) is 30.9 Å². The van der Waals surface area contributed by atoms with Gasteiger partial charge in [-0.2, -0.15) is 0 Å². The minimum Gasteiger partial charge on any atom is -0.388 e. The van der Waals surface area contributed by atoms with E-state index in [2.05, 4.69) is 17.4 Å². The molecule has 0 amide bonds. The molecule has 0 unspecified atom stereocenters. The van der Waals surface area contributed by atoms with Crippen LogP contribution >= 0.6 is 0 Å². The van der Waals surface area contributed by atoms with Gasteiger partial charge in [-0.3, -0.25) is 0 Å². The van der Waals surface area contributed by atoms with Crippen LogP contribution < -0.4 is 5.32 Å². The topological polar surface area (TPSA) is 41.5 Å². The molecular weight excluding hydrogens is 226 g/mol. The standard InChI is InChI=1S/C15H23NO2/c1-18-11-8-13-6-2-3-7-14(13)16-12-15(17)9-4-5-10-15/h2-3,6-7,16-17H,4-5,8-12H2,1H3. The summed E-state index contributed by atoms with van der Waals surface area (Å²) in [6, 6.07) is 8.25. The SMILES string of the molecule is COCCc1ccccc1NCC1(O)CCCC1. The minimum atomic E-state index is -0.506. The Hall–Kier alpha value is -1.06. The largest absolute Gasteiger partial charge is 0.388 e. The third-order valence-corrected chi connectivity index (χ3v) is 3.74. The van der Waals surface area contributed by atoms with E-state index in [4.69, 9.17) is 4.74 Å². The van der Waals surface area contributed by atoms with Gasteiger partial charge in [-0.15, -0.1) is 0 Å². The molecular formula is C15H23NO2. The molecule has 1 aromatic rings. The Morgan fingerprint density at radius 2 is 2.00 bits per heavy atom. The zero-order valence-electron chi connectivity index (χ0n) is 11.1. The van der Waals surface area contributed by atoms with Crippen molar-refractivity contribution in [2.45, 2.75) is 37.7 Å². The fraction of sp³-hybridized carbons (Fsp3) is 0.600. The number of anilines is 1. The van der Waals surface area contributed by atoms with E-state index in [-0.39, 0.29) is 0 Å². The van der Waals surface area contributed by atoms with E-state index < -0.39 is 5.60 Å². The molecule has 1 fully saturated rings. The van der Waals surface area contributed by atoms with E-state index in [1.807, 2.05) is 12.1 Å². The predicted octanol–water partition coefficient (Wildman–Crippen LogP) is 2.59. The molecule has 1 aromatic carbocycles. The fourth-order valence-corrected chi connectivity index (χ4v) is 2.59. The molecule has 0 aliphatic heterocycles. The van der Waals surface area contributed by atoms with Crippen LogP contribution in [0.5, 0.6) is 0 Å². The second-order valence-corrected chi connectivity index (χ2v) is 5.18. The molecule has 3 heteroatoms. The Kier molecular flexibility index (Phi) is 4.61. The lowest BCUT2D eigenvalue weighted by Crippen LogP contribution is -2.33. The van der Waals surface area contributed by atoms with E-state index in [9.17, 15) is 5.11 Å².